The van der Waals surface area contributed by atoms with Crippen LogP contribution in [0, 0.1) is 27.4 Å². The second-order valence-corrected chi connectivity index (χ2v) is 7.96. The van der Waals surface area contributed by atoms with Crippen molar-refractivity contribution in [2.45, 2.75) is 30.8 Å². The fourth-order valence-corrected chi connectivity index (χ4v) is 4.83. The van der Waals surface area contributed by atoms with Crippen molar-refractivity contribution < 1.29 is 14.4 Å². The maximum absolute atomic E-state index is 12.4. The second kappa shape index (κ2) is 7.86. The van der Waals surface area contributed by atoms with E-state index in [1.165, 1.54) is 0 Å². The van der Waals surface area contributed by atoms with Gasteiger partial charge in [-0.25, -0.2) is 0 Å². The molecule has 0 spiro atoms. The third-order valence-corrected chi connectivity index (χ3v) is 6.24. The summed E-state index contributed by atoms with van der Waals surface area (Å²) in [6.07, 6.45) is -0.749. The molecule has 2 aliphatic rings. The van der Waals surface area contributed by atoms with Crippen LogP contribution < -0.4 is 4.74 Å². The Bertz CT molecular complexity index is 1140. The van der Waals surface area contributed by atoms with Crippen LogP contribution in [-0.2, 0) is 11.2 Å². The Labute approximate surface area is 179 Å². The molecule has 2 heterocycles. The van der Waals surface area contributed by atoms with E-state index in [0.29, 0.717) is 17.5 Å². The number of hydrogen-bond acceptors (Lipinski definition) is 5. The standard InChI is InChI=1S/C25H20N2O4/c26-15-16-10-12-18(13-11-16)24-23(27(28)29)22(17-6-2-1-3-7-17)20-14-19-8-4-5-9-21(19)30-25(20)31-24/h1-13,20,22-25H,14H2/t20-,22-,23+,24-,25+/m1/s1. The van der Waals surface area contributed by atoms with Crippen molar-refractivity contribution in [3.8, 4) is 11.8 Å². The lowest BCUT2D eigenvalue weighted by molar-refractivity contribution is -0.554. The number of para-hydroxylation sites is 1. The van der Waals surface area contributed by atoms with Crippen LogP contribution in [0.2, 0.25) is 0 Å². The van der Waals surface area contributed by atoms with Crippen molar-refractivity contribution >= 4 is 0 Å². The van der Waals surface area contributed by atoms with Gasteiger partial charge < -0.3 is 9.47 Å². The smallest absolute Gasteiger partial charge is 0.250 e. The van der Waals surface area contributed by atoms with Gasteiger partial charge in [0.25, 0.3) is 0 Å². The Morgan fingerprint density at radius 1 is 0.935 bits per heavy atom. The lowest BCUT2D eigenvalue weighted by Crippen LogP contribution is -2.53. The van der Waals surface area contributed by atoms with E-state index in [9.17, 15) is 10.1 Å². The number of rotatable bonds is 3. The minimum Gasteiger partial charge on any atom is -0.464 e. The molecule has 0 aromatic heterocycles. The van der Waals surface area contributed by atoms with Crippen molar-refractivity contribution in [3.05, 3.63) is 111 Å². The number of nitro groups is 1. The predicted octanol–water partition coefficient (Wildman–Crippen LogP) is 4.64. The van der Waals surface area contributed by atoms with Crippen molar-refractivity contribution in [2.24, 2.45) is 5.92 Å². The maximum Gasteiger partial charge on any atom is 0.250 e. The van der Waals surface area contributed by atoms with Crippen LogP contribution in [0.1, 0.15) is 34.3 Å². The van der Waals surface area contributed by atoms with Crippen LogP contribution in [0.25, 0.3) is 0 Å². The van der Waals surface area contributed by atoms with Gasteiger partial charge in [0.15, 0.2) is 6.10 Å². The first-order valence-electron chi connectivity index (χ1n) is 10.2. The van der Waals surface area contributed by atoms with Crippen LogP contribution >= 0.6 is 0 Å². The highest BCUT2D eigenvalue weighted by Gasteiger charge is 2.55. The van der Waals surface area contributed by atoms with Crippen molar-refractivity contribution in [3.63, 3.8) is 0 Å². The summed E-state index contributed by atoms with van der Waals surface area (Å²) in [5.74, 6) is 0.181. The Kier molecular flexibility index (Phi) is 4.89. The zero-order valence-electron chi connectivity index (χ0n) is 16.6. The lowest BCUT2D eigenvalue weighted by atomic mass is 9.72. The van der Waals surface area contributed by atoms with Crippen LogP contribution in [0.3, 0.4) is 0 Å². The maximum atomic E-state index is 12.4. The monoisotopic (exact) mass is 412 g/mol. The highest BCUT2D eigenvalue weighted by atomic mass is 16.7. The molecule has 3 aromatic carbocycles. The van der Waals surface area contributed by atoms with Gasteiger partial charge in [-0.3, -0.25) is 10.1 Å². The number of benzene rings is 3. The van der Waals surface area contributed by atoms with Crippen molar-refractivity contribution in [1.82, 2.24) is 0 Å². The molecule has 0 radical (unpaired) electrons. The molecule has 0 unspecified atom stereocenters. The summed E-state index contributed by atoms with van der Waals surface area (Å²) in [5, 5.41) is 21.5. The molecule has 0 aliphatic carbocycles. The van der Waals surface area contributed by atoms with Crippen LogP contribution in [0.15, 0.2) is 78.9 Å². The number of hydrogen-bond donors (Lipinski definition) is 0. The molecular weight excluding hydrogens is 392 g/mol. The van der Waals surface area contributed by atoms with Crippen molar-refractivity contribution in [1.29, 1.82) is 5.26 Å². The molecular formula is C25H20N2O4. The van der Waals surface area contributed by atoms with Gasteiger partial charge in [0.1, 0.15) is 5.75 Å². The Morgan fingerprint density at radius 3 is 2.35 bits per heavy atom. The Hall–Kier alpha value is -3.69. The molecule has 5 atom stereocenters. The molecule has 3 aromatic rings. The fraction of sp³-hybridized carbons (Fsp3) is 0.240. The summed E-state index contributed by atoms with van der Waals surface area (Å²) >= 11 is 0. The molecule has 0 amide bonds. The van der Waals surface area contributed by atoms with Crippen molar-refractivity contribution in [2.75, 3.05) is 0 Å². The number of nitrogens with zero attached hydrogens (tertiary/aromatic N) is 2. The summed E-state index contributed by atoms with van der Waals surface area (Å²) < 4.78 is 12.5. The van der Waals surface area contributed by atoms with E-state index in [4.69, 9.17) is 14.7 Å². The number of nitriles is 1. The van der Waals surface area contributed by atoms with E-state index in [1.807, 2.05) is 54.6 Å². The van der Waals surface area contributed by atoms with Gasteiger partial charge in [-0.1, -0.05) is 60.7 Å². The average Bonchev–Trinajstić information content (AvgIpc) is 2.82. The van der Waals surface area contributed by atoms with E-state index in [-0.39, 0.29) is 16.8 Å². The van der Waals surface area contributed by atoms with Gasteiger partial charge in [0.05, 0.1) is 17.6 Å². The molecule has 1 fully saturated rings. The molecule has 0 bridgehead atoms. The van der Waals surface area contributed by atoms with E-state index >= 15 is 0 Å². The molecule has 6 nitrogen and oxygen atoms in total. The van der Waals surface area contributed by atoms with Gasteiger partial charge >= 0.3 is 0 Å². The molecule has 6 heteroatoms. The first kappa shape index (κ1) is 19.3. The van der Waals surface area contributed by atoms with Crippen LogP contribution in [0.4, 0.5) is 0 Å². The summed E-state index contributed by atoms with van der Waals surface area (Å²) in [5.41, 5.74) is 3.11. The minimum atomic E-state index is -0.981. The van der Waals surface area contributed by atoms with Gasteiger partial charge in [-0.15, -0.1) is 0 Å². The first-order valence-corrected chi connectivity index (χ1v) is 10.2. The topological polar surface area (TPSA) is 85.4 Å². The zero-order valence-corrected chi connectivity index (χ0v) is 16.6. The predicted molar refractivity (Wildman–Crippen MR) is 113 cm³/mol. The van der Waals surface area contributed by atoms with Gasteiger partial charge in [0, 0.05) is 10.8 Å². The number of ether oxygens (including phenoxy) is 2. The average molecular weight is 412 g/mol. The quantitative estimate of drug-likeness (QED) is 0.462. The van der Waals surface area contributed by atoms with Crippen LogP contribution in [-0.4, -0.2) is 17.3 Å². The molecule has 0 N–H and O–H groups in total. The largest absolute Gasteiger partial charge is 0.464 e. The summed E-state index contributed by atoms with van der Waals surface area (Å²) in [6, 6.07) is 25.3. The molecule has 0 saturated carbocycles. The third-order valence-electron chi connectivity index (χ3n) is 6.24. The zero-order chi connectivity index (χ0) is 21.4. The molecule has 2 aliphatic heterocycles. The highest BCUT2D eigenvalue weighted by Crippen LogP contribution is 2.49. The van der Waals surface area contributed by atoms with Gasteiger partial charge in [-0.2, -0.15) is 5.26 Å². The minimum absolute atomic E-state index is 0.192. The molecule has 1 saturated heterocycles. The molecule has 154 valence electrons. The summed E-state index contributed by atoms with van der Waals surface area (Å²) in [7, 11) is 0. The SMILES string of the molecule is N#Cc1ccc([C@H]2O[C@@H]3Oc4ccccc4C[C@@H]3[C@@H](c3ccccc3)[C@@H]2[N+](=O)[O-])cc1. The van der Waals surface area contributed by atoms with Gasteiger partial charge in [-0.05, 0) is 41.3 Å². The summed E-state index contributed by atoms with van der Waals surface area (Å²) in [4.78, 5) is 12.2. The molecule has 31 heavy (non-hydrogen) atoms. The second-order valence-electron chi connectivity index (χ2n) is 7.96. The lowest BCUT2D eigenvalue weighted by Gasteiger charge is -2.45. The van der Waals surface area contributed by atoms with Gasteiger partial charge in [0.2, 0.25) is 12.3 Å². The first-order chi connectivity index (χ1) is 15.2. The van der Waals surface area contributed by atoms with Crippen LogP contribution in [0.5, 0.6) is 5.75 Å². The van der Waals surface area contributed by atoms with E-state index in [2.05, 4.69) is 6.07 Å². The van der Waals surface area contributed by atoms with E-state index in [1.54, 1.807) is 24.3 Å². The van der Waals surface area contributed by atoms with E-state index < -0.39 is 18.4 Å². The van der Waals surface area contributed by atoms with E-state index in [0.717, 1.165) is 16.9 Å². The Morgan fingerprint density at radius 2 is 1.65 bits per heavy atom. The third kappa shape index (κ3) is 3.43. The molecule has 5 rings (SSSR count). The Balaban J connectivity index is 1.62. The summed E-state index contributed by atoms with van der Waals surface area (Å²) in [6.45, 7) is 0. The fourth-order valence-electron chi connectivity index (χ4n) is 4.83. The number of fused-ring (bicyclic) bond motifs is 2. The highest BCUT2D eigenvalue weighted by molar-refractivity contribution is 5.38. The normalized spacial score (nSPS) is 26.6.